The highest BCUT2D eigenvalue weighted by atomic mass is 79.9. The first-order valence-corrected chi connectivity index (χ1v) is 11.2. The summed E-state index contributed by atoms with van der Waals surface area (Å²) in [7, 11) is 0. The molecule has 0 aliphatic carbocycles. The number of rotatable bonds is 6. The molecule has 0 amide bonds. The lowest BCUT2D eigenvalue weighted by atomic mass is 10.1. The third kappa shape index (κ3) is 4.73. The average molecular weight is 485 g/mol. The van der Waals surface area contributed by atoms with Crippen LogP contribution in [-0.2, 0) is 13.1 Å². The highest BCUT2D eigenvalue weighted by Gasteiger charge is 2.29. The van der Waals surface area contributed by atoms with Gasteiger partial charge in [0.15, 0.2) is 0 Å². The fourth-order valence-corrected chi connectivity index (χ4v) is 4.64. The summed E-state index contributed by atoms with van der Waals surface area (Å²) in [4.78, 5) is 4.84. The lowest BCUT2D eigenvalue weighted by Gasteiger charge is -2.32. The lowest BCUT2D eigenvalue weighted by molar-refractivity contribution is 0.290. The van der Waals surface area contributed by atoms with Gasteiger partial charge in [-0.15, -0.1) is 0 Å². The van der Waals surface area contributed by atoms with Crippen molar-refractivity contribution in [2.75, 3.05) is 18.0 Å². The summed E-state index contributed by atoms with van der Waals surface area (Å²) in [6, 6.07) is 20.6. The quantitative estimate of drug-likeness (QED) is 0.420. The summed E-state index contributed by atoms with van der Waals surface area (Å²) in [5.74, 6) is 1.95. The van der Waals surface area contributed by atoms with Gasteiger partial charge in [-0.1, -0.05) is 45.7 Å². The van der Waals surface area contributed by atoms with Gasteiger partial charge in [0.25, 0.3) is 0 Å². The molecule has 0 radical (unpaired) electrons. The largest absolute Gasteiger partial charge is 0.465 e. The number of nitriles is 1. The molecule has 0 unspecified atom stereocenters. The van der Waals surface area contributed by atoms with E-state index in [2.05, 4.69) is 56.1 Å². The number of halogens is 2. The van der Waals surface area contributed by atoms with Crippen LogP contribution in [0.2, 0.25) is 5.02 Å². The third-order valence-corrected chi connectivity index (χ3v) is 6.65. The molecule has 0 N–H and O–H groups in total. The molecule has 154 valence electrons. The van der Waals surface area contributed by atoms with E-state index >= 15 is 0 Å². The highest BCUT2D eigenvalue weighted by Crippen LogP contribution is 2.31. The van der Waals surface area contributed by atoms with E-state index in [1.807, 2.05) is 37.3 Å². The van der Waals surface area contributed by atoms with E-state index < -0.39 is 0 Å². The molecule has 1 aliphatic heterocycles. The second-order valence-electron chi connectivity index (χ2n) is 7.69. The number of nitrogens with zero attached hydrogens (tertiary/aromatic N) is 3. The SMILES string of the molecule is Cc1ccc(CN2CC[C@H](N(Cc3ccccc3Br)c3ccc(C#N)c(Cl)c3)C2)o1. The van der Waals surface area contributed by atoms with Crippen molar-refractivity contribution in [3.63, 3.8) is 0 Å². The van der Waals surface area contributed by atoms with Crippen molar-refractivity contribution in [2.24, 2.45) is 0 Å². The van der Waals surface area contributed by atoms with E-state index in [0.717, 1.165) is 54.3 Å². The minimum absolute atomic E-state index is 0.345. The van der Waals surface area contributed by atoms with Crippen LogP contribution in [0.3, 0.4) is 0 Å². The van der Waals surface area contributed by atoms with Gasteiger partial charge in [-0.25, -0.2) is 0 Å². The van der Waals surface area contributed by atoms with Crippen molar-refractivity contribution in [1.82, 2.24) is 4.90 Å². The van der Waals surface area contributed by atoms with Gasteiger partial charge in [0.2, 0.25) is 0 Å². The van der Waals surface area contributed by atoms with Gasteiger partial charge in [0.05, 0.1) is 17.1 Å². The number of benzene rings is 2. The maximum Gasteiger partial charge on any atom is 0.118 e. The molecule has 3 aromatic rings. The molecule has 1 atom stereocenters. The van der Waals surface area contributed by atoms with Crippen LogP contribution in [-0.4, -0.2) is 24.0 Å². The molecule has 1 fully saturated rings. The van der Waals surface area contributed by atoms with Crippen molar-refractivity contribution in [1.29, 1.82) is 5.26 Å². The predicted octanol–water partition coefficient (Wildman–Crippen LogP) is 6.16. The van der Waals surface area contributed by atoms with Crippen LogP contribution in [0.25, 0.3) is 0 Å². The Balaban J connectivity index is 1.58. The van der Waals surface area contributed by atoms with Crippen LogP contribution in [0.1, 0.15) is 29.1 Å². The standard InChI is InChI=1S/C24H23BrClN3O/c1-17-6-9-22(30-17)16-28-11-10-21(15-28)29(14-19-4-2-3-5-23(19)25)20-8-7-18(13-27)24(26)12-20/h2-9,12,21H,10-11,14-16H2,1H3/t21-/m0/s1. The number of aryl methyl sites for hydroxylation is 1. The summed E-state index contributed by atoms with van der Waals surface area (Å²) in [5, 5.41) is 9.73. The van der Waals surface area contributed by atoms with Crippen LogP contribution in [0.5, 0.6) is 0 Å². The Bertz CT molecular complexity index is 1070. The van der Waals surface area contributed by atoms with Crippen LogP contribution in [0.15, 0.2) is 63.5 Å². The van der Waals surface area contributed by atoms with Crippen LogP contribution in [0.4, 0.5) is 5.69 Å². The van der Waals surface area contributed by atoms with E-state index in [1.54, 1.807) is 0 Å². The molecular weight excluding hydrogens is 462 g/mol. The second kappa shape index (κ2) is 9.26. The summed E-state index contributed by atoms with van der Waals surface area (Å²) in [6.45, 7) is 5.52. The Morgan fingerprint density at radius 2 is 2.07 bits per heavy atom. The molecule has 6 heteroatoms. The molecule has 4 rings (SSSR count). The van der Waals surface area contributed by atoms with Crippen LogP contribution < -0.4 is 4.90 Å². The lowest BCUT2D eigenvalue weighted by Crippen LogP contribution is -2.37. The van der Waals surface area contributed by atoms with Gasteiger partial charge in [0, 0.05) is 35.8 Å². The maximum absolute atomic E-state index is 9.24. The molecular formula is C24H23BrClN3O. The van der Waals surface area contributed by atoms with Gasteiger partial charge in [-0.2, -0.15) is 5.26 Å². The summed E-state index contributed by atoms with van der Waals surface area (Å²) < 4.78 is 6.86. The molecule has 1 saturated heterocycles. The third-order valence-electron chi connectivity index (χ3n) is 5.57. The molecule has 4 nitrogen and oxygen atoms in total. The first-order chi connectivity index (χ1) is 14.5. The Labute approximate surface area is 190 Å². The van der Waals surface area contributed by atoms with Crippen molar-refractivity contribution in [2.45, 2.75) is 32.5 Å². The number of hydrogen-bond acceptors (Lipinski definition) is 4. The van der Waals surface area contributed by atoms with Crippen molar-refractivity contribution in [3.05, 3.63) is 86.7 Å². The van der Waals surface area contributed by atoms with Gasteiger partial charge < -0.3 is 9.32 Å². The maximum atomic E-state index is 9.24. The van der Waals surface area contributed by atoms with Crippen molar-refractivity contribution in [3.8, 4) is 6.07 Å². The van der Waals surface area contributed by atoms with E-state index in [4.69, 9.17) is 16.0 Å². The molecule has 1 aromatic heterocycles. The minimum atomic E-state index is 0.345. The normalized spacial score (nSPS) is 16.5. The average Bonchev–Trinajstić information content (AvgIpc) is 3.36. The topological polar surface area (TPSA) is 43.4 Å². The molecule has 1 aliphatic rings. The fourth-order valence-electron chi connectivity index (χ4n) is 4.02. The predicted molar refractivity (Wildman–Crippen MR) is 124 cm³/mol. The number of anilines is 1. The molecule has 2 aromatic carbocycles. The Kier molecular flexibility index (Phi) is 6.48. The van der Waals surface area contributed by atoms with Crippen molar-refractivity contribution >= 4 is 33.2 Å². The molecule has 0 spiro atoms. The molecule has 0 saturated carbocycles. The van der Waals surface area contributed by atoms with E-state index in [0.29, 0.717) is 16.6 Å². The zero-order valence-electron chi connectivity index (χ0n) is 16.8. The van der Waals surface area contributed by atoms with Gasteiger partial charge in [-0.3, -0.25) is 4.90 Å². The highest BCUT2D eigenvalue weighted by molar-refractivity contribution is 9.10. The zero-order chi connectivity index (χ0) is 21.1. The van der Waals surface area contributed by atoms with Gasteiger partial charge >= 0.3 is 0 Å². The molecule has 30 heavy (non-hydrogen) atoms. The molecule has 2 heterocycles. The summed E-state index contributed by atoms with van der Waals surface area (Å²) in [6.07, 6.45) is 1.06. The van der Waals surface area contributed by atoms with Crippen molar-refractivity contribution < 1.29 is 4.42 Å². The number of hydrogen-bond donors (Lipinski definition) is 0. The van der Waals surface area contributed by atoms with Crippen LogP contribution in [0, 0.1) is 18.3 Å². The fraction of sp³-hybridized carbons (Fsp3) is 0.292. The first-order valence-electron chi connectivity index (χ1n) is 10.0. The summed E-state index contributed by atoms with van der Waals surface area (Å²) >= 11 is 10.1. The monoisotopic (exact) mass is 483 g/mol. The van der Waals surface area contributed by atoms with Gasteiger partial charge in [-0.05, 0) is 55.3 Å². The Hall–Kier alpha value is -2.26. The Morgan fingerprint density at radius 1 is 1.23 bits per heavy atom. The molecule has 0 bridgehead atoms. The zero-order valence-corrected chi connectivity index (χ0v) is 19.2. The summed E-state index contributed by atoms with van der Waals surface area (Å²) in [5.41, 5.74) is 2.76. The number of furan rings is 1. The van der Waals surface area contributed by atoms with E-state index in [-0.39, 0.29) is 0 Å². The van der Waals surface area contributed by atoms with Gasteiger partial charge in [0.1, 0.15) is 17.6 Å². The van der Waals surface area contributed by atoms with E-state index in [1.165, 1.54) is 5.56 Å². The smallest absolute Gasteiger partial charge is 0.118 e. The number of likely N-dealkylation sites (tertiary alicyclic amines) is 1. The minimum Gasteiger partial charge on any atom is -0.465 e. The van der Waals surface area contributed by atoms with E-state index in [9.17, 15) is 5.26 Å². The Morgan fingerprint density at radius 3 is 2.77 bits per heavy atom. The second-order valence-corrected chi connectivity index (χ2v) is 8.95. The van der Waals surface area contributed by atoms with Crippen LogP contribution >= 0.6 is 27.5 Å². The first kappa shape index (κ1) is 21.0.